The van der Waals surface area contributed by atoms with Crippen molar-refractivity contribution in [3.63, 3.8) is 0 Å². The van der Waals surface area contributed by atoms with E-state index >= 15 is 0 Å². The molecule has 1 aromatic carbocycles. The molecule has 4 rings (SSSR count). The maximum absolute atomic E-state index is 12.7. The highest BCUT2D eigenvalue weighted by Crippen LogP contribution is 2.30. The van der Waals surface area contributed by atoms with E-state index in [9.17, 15) is 14.4 Å². The normalized spacial score (nSPS) is 15.5. The number of aldehydes is 1. The van der Waals surface area contributed by atoms with Crippen LogP contribution in [-0.2, 0) is 11.2 Å². The lowest BCUT2D eigenvalue weighted by Gasteiger charge is -2.31. The second kappa shape index (κ2) is 10.3. The smallest absolute Gasteiger partial charge is 0.256 e. The quantitative estimate of drug-likeness (QED) is 0.309. The maximum atomic E-state index is 12.7. The van der Waals surface area contributed by atoms with E-state index in [1.165, 1.54) is 10.8 Å². The van der Waals surface area contributed by atoms with Crippen LogP contribution in [0.3, 0.4) is 0 Å². The number of pyridine rings is 1. The van der Waals surface area contributed by atoms with Gasteiger partial charge in [-0.2, -0.15) is 0 Å². The van der Waals surface area contributed by atoms with Gasteiger partial charge in [-0.25, -0.2) is 14.6 Å². The van der Waals surface area contributed by atoms with E-state index in [4.69, 9.17) is 5.84 Å². The van der Waals surface area contributed by atoms with Crippen LogP contribution in [0.4, 0.5) is 5.82 Å². The van der Waals surface area contributed by atoms with Gasteiger partial charge in [-0.15, -0.1) is 0 Å². The molecule has 1 unspecified atom stereocenters. The lowest BCUT2D eigenvalue weighted by atomic mass is 9.97. The fourth-order valence-electron chi connectivity index (χ4n) is 4.32. The second-order valence-electron chi connectivity index (χ2n) is 8.45. The molecule has 180 valence electrons. The van der Waals surface area contributed by atoms with Crippen LogP contribution in [0.2, 0.25) is 0 Å². The van der Waals surface area contributed by atoms with Crippen molar-refractivity contribution in [2.45, 2.75) is 32.1 Å². The number of nitrogens with two attached hydrogens (primary N) is 1. The van der Waals surface area contributed by atoms with Crippen LogP contribution in [0.15, 0.2) is 55.3 Å². The van der Waals surface area contributed by atoms with Gasteiger partial charge in [0, 0.05) is 36.3 Å². The van der Waals surface area contributed by atoms with E-state index < -0.39 is 0 Å². The molecule has 2 aromatic heterocycles. The topological polar surface area (TPSA) is 123 Å². The minimum atomic E-state index is -0.285. The molecule has 9 nitrogen and oxygen atoms in total. The van der Waals surface area contributed by atoms with Gasteiger partial charge in [0.1, 0.15) is 23.0 Å². The van der Waals surface area contributed by atoms with Crippen molar-refractivity contribution in [2.75, 3.05) is 24.2 Å². The number of rotatable bonds is 7. The molecule has 0 bridgehead atoms. The first-order valence-electron chi connectivity index (χ1n) is 11.6. The summed E-state index contributed by atoms with van der Waals surface area (Å²) in [7, 11) is 0. The minimum absolute atomic E-state index is 0.0958. The summed E-state index contributed by atoms with van der Waals surface area (Å²) in [5, 5.41) is 2.80. The average molecular weight is 473 g/mol. The summed E-state index contributed by atoms with van der Waals surface area (Å²) in [6.45, 7) is 6.71. The number of anilines is 1. The third kappa shape index (κ3) is 4.98. The number of amides is 2. The predicted molar refractivity (Wildman–Crippen MR) is 134 cm³/mol. The molecule has 3 heterocycles. The zero-order valence-electron chi connectivity index (χ0n) is 19.6. The van der Waals surface area contributed by atoms with Crippen molar-refractivity contribution in [1.29, 1.82) is 0 Å². The van der Waals surface area contributed by atoms with Crippen molar-refractivity contribution in [3.05, 3.63) is 77.9 Å². The Labute approximate surface area is 203 Å². The highest BCUT2D eigenvalue weighted by molar-refractivity contribution is 6.04. The molecule has 2 amide bonds. The number of piperidine rings is 1. The van der Waals surface area contributed by atoms with Crippen LogP contribution in [0.1, 0.15) is 57.9 Å². The molecular weight excluding hydrogens is 444 g/mol. The fraction of sp³-hybridized carbons (Fsp3) is 0.269. The lowest BCUT2D eigenvalue weighted by Crippen LogP contribution is -2.39. The number of likely N-dealkylation sites (tertiary alicyclic amines) is 1. The van der Waals surface area contributed by atoms with E-state index in [1.54, 1.807) is 35.4 Å². The Morgan fingerprint density at radius 3 is 2.71 bits per heavy atom. The van der Waals surface area contributed by atoms with Gasteiger partial charge in [0.2, 0.25) is 5.91 Å². The standard InChI is InChI=1S/C26H28N6O3/c1-3-17-11-12-28-22(14-17)29-26(35)19-9-7-18(8-10-19)24-21(16-33)32(27)25(30-24)20-6-5-13-31(15-20)23(34)4-2/h4,7-12,14,16,20H,2-3,5-6,13,15,27H2,1H3,(H,28,29,35). The lowest BCUT2D eigenvalue weighted by molar-refractivity contribution is -0.127. The van der Waals surface area contributed by atoms with Gasteiger partial charge in [-0.1, -0.05) is 25.6 Å². The zero-order valence-corrected chi connectivity index (χ0v) is 19.6. The Morgan fingerprint density at radius 2 is 2.03 bits per heavy atom. The SMILES string of the molecule is C=CC(=O)N1CCCC(c2nc(-c3ccc(C(=O)Nc4cc(CC)ccn4)cc3)c(C=O)n2N)C1. The van der Waals surface area contributed by atoms with Crippen molar-refractivity contribution < 1.29 is 14.4 Å². The number of benzene rings is 1. The zero-order chi connectivity index (χ0) is 24.9. The summed E-state index contributed by atoms with van der Waals surface area (Å²) < 4.78 is 1.31. The number of nitrogens with zero attached hydrogens (tertiary/aromatic N) is 4. The molecule has 0 radical (unpaired) electrons. The van der Waals surface area contributed by atoms with Gasteiger partial charge in [-0.3, -0.25) is 14.4 Å². The highest BCUT2D eigenvalue weighted by Gasteiger charge is 2.29. The largest absolute Gasteiger partial charge is 0.338 e. The molecular formula is C26H28N6O3. The van der Waals surface area contributed by atoms with Gasteiger partial charge in [0.25, 0.3) is 5.91 Å². The van der Waals surface area contributed by atoms with Gasteiger partial charge in [0.05, 0.1) is 0 Å². The Morgan fingerprint density at radius 1 is 1.26 bits per heavy atom. The summed E-state index contributed by atoms with van der Waals surface area (Å²) in [5.41, 5.74) is 2.87. The Bertz CT molecular complexity index is 1260. The summed E-state index contributed by atoms with van der Waals surface area (Å²) in [6, 6.07) is 10.6. The van der Waals surface area contributed by atoms with Crippen LogP contribution in [0.25, 0.3) is 11.3 Å². The molecule has 1 fully saturated rings. The molecule has 1 aliphatic rings. The maximum Gasteiger partial charge on any atom is 0.256 e. The van der Waals surface area contributed by atoms with Crippen LogP contribution >= 0.6 is 0 Å². The monoisotopic (exact) mass is 472 g/mol. The Hall–Kier alpha value is -4.27. The molecule has 0 saturated carbocycles. The first-order chi connectivity index (χ1) is 16.9. The van der Waals surface area contributed by atoms with Gasteiger partial charge in [0.15, 0.2) is 6.29 Å². The molecule has 0 spiro atoms. The molecule has 1 aliphatic heterocycles. The molecule has 35 heavy (non-hydrogen) atoms. The molecule has 9 heteroatoms. The van der Waals surface area contributed by atoms with Gasteiger partial charge in [-0.05, 0) is 55.2 Å². The van der Waals surface area contributed by atoms with Crippen LogP contribution in [-0.4, -0.2) is 50.7 Å². The molecule has 3 aromatic rings. The number of hydrogen-bond donors (Lipinski definition) is 2. The van der Waals surface area contributed by atoms with E-state index in [0.717, 1.165) is 24.8 Å². The van der Waals surface area contributed by atoms with Crippen LogP contribution in [0.5, 0.6) is 0 Å². The Balaban J connectivity index is 1.56. The summed E-state index contributed by atoms with van der Waals surface area (Å²) in [5.74, 6) is 6.78. The van der Waals surface area contributed by atoms with Gasteiger partial charge >= 0.3 is 0 Å². The molecule has 1 saturated heterocycles. The summed E-state index contributed by atoms with van der Waals surface area (Å²) in [4.78, 5) is 47.2. The van der Waals surface area contributed by atoms with Crippen molar-refractivity contribution in [1.82, 2.24) is 19.5 Å². The van der Waals surface area contributed by atoms with Crippen molar-refractivity contribution >= 4 is 23.9 Å². The Kier molecular flexibility index (Phi) is 7.05. The molecule has 0 aliphatic carbocycles. The summed E-state index contributed by atoms with van der Waals surface area (Å²) in [6.07, 6.45) is 6.10. The number of nitrogens with one attached hydrogen (secondary N) is 1. The number of hydrogen-bond acceptors (Lipinski definition) is 6. The van der Waals surface area contributed by atoms with E-state index in [-0.39, 0.29) is 23.4 Å². The van der Waals surface area contributed by atoms with E-state index in [2.05, 4.69) is 21.9 Å². The fourth-order valence-corrected chi connectivity index (χ4v) is 4.32. The van der Waals surface area contributed by atoms with Crippen LogP contribution < -0.4 is 11.2 Å². The van der Waals surface area contributed by atoms with Gasteiger partial charge < -0.3 is 16.1 Å². The number of nitrogen functional groups attached to an aromatic ring is 1. The number of aryl methyl sites for hydroxylation is 1. The average Bonchev–Trinajstić information content (AvgIpc) is 3.24. The third-order valence-electron chi connectivity index (χ3n) is 6.25. The van der Waals surface area contributed by atoms with Crippen molar-refractivity contribution in [2.24, 2.45) is 0 Å². The minimum Gasteiger partial charge on any atom is -0.338 e. The number of aromatic nitrogens is 3. The van der Waals surface area contributed by atoms with Crippen LogP contribution in [0, 0.1) is 0 Å². The highest BCUT2D eigenvalue weighted by atomic mass is 16.2. The number of imidazole rings is 1. The van der Waals surface area contributed by atoms with E-state index in [0.29, 0.717) is 47.8 Å². The number of carbonyl (C=O) groups excluding carboxylic acids is 3. The molecule has 1 atom stereocenters. The van der Waals surface area contributed by atoms with Crippen molar-refractivity contribution in [3.8, 4) is 11.3 Å². The summed E-state index contributed by atoms with van der Waals surface area (Å²) >= 11 is 0. The first-order valence-corrected chi connectivity index (χ1v) is 11.6. The second-order valence-corrected chi connectivity index (χ2v) is 8.45. The predicted octanol–water partition coefficient (Wildman–Crippen LogP) is 3.18. The number of carbonyl (C=O) groups is 3. The third-order valence-corrected chi connectivity index (χ3v) is 6.25. The molecule has 3 N–H and O–H groups in total. The van der Waals surface area contributed by atoms with E-state index in [1.807, 2.05) is 19.1 Å². The first kappa shape index (κ1) is 23.9.